The number of piperidine rings is 2. The van der Waals surface area contributed by atoms with Crippen molar-refractivity contribution in [2.45, 2.75) is 31.7 Å². The van der Waals surface area contributed by atoms with Crippen LogP contribution in [0.3, 0.4) is 0 Å². The Balaban J connectivity index is 1.83. The summed E-state index contributed by atoms with van der Waals surface area (Å²) in [4.78, 5) is 5.09. The largest absolute Gasteiger partial charge is 0.396 e. The Morgan fingerprint density at radius 3 is 2.93 bits per heavy atom. The zero-order chi connectivity index (χ0) is 10.7. The summed E-state index contributed by atoms with van der Waals surface area (Å²) in [7, 11) is 2.28. The van der Waals surface area contributed by atoms with Crippen LogP contribution >= 0.6 is 0 Å². The van der Waals surface area contributed by atoms with Crippen molar-refractivity contribution >= 4 is 0 Å². The molecule has 2 unspecified atom stereocenters. The van der Waals surface area contributed by atoms with Gasteiger partial charge in [0.15, 0.2) is 0 Å². The quantitative estimate of drug-likeness (QED) is 0.749. The van der Waals surface area contributed by atoms with Crippen LogP contribution in [0, 0.1) is 5.92 Å². The number of aliphatic hydroxyl groups excluding tert-OH is 1. The standard InChI is InChI=1S/C12H24N2O/c1-13-6-2-4-11-10-14(7-3-9-15)8-5-12(11)13/h11-12,15H,2-10H2,1H3. The zero-order valence-electron chi connectivity index (χ0n) is 9.86. The van der Waals surface area contributed by atoms with Crippen LogP contribution in [0.4, 0.5) is 0 Å². The van der Waals surface area contributed by atoms with Crippen molar-refractivity contribution < 1.29 is 5.11 Å². The molecule has 1 N–H and O–H groups in total. The van der Waals surface area contributed by atoms with Crippen molar-refractivity contribution in [3.05, 3.63) is 0 Å². The lowest BCUT2D eigenvalue weighted by molar-refractivity contribution is 0.0365. The summed E-state index contributed by atoms with van der Waals surface area (Å²) in [6.45, 7) is 5.20. The topological polar surface area (TPSA) is 26.7 Å². The molecule has 2 fully saturated rings. The third-order valence-corrected chi connectivity index (χ3v) is 4.06. The molecule has 0 spiro atoms. The second-order valence-corrected chi connectivity index (χ2v) is 5.12. The molecule has 2 atom stereocenters. The highest BCUT2D eigenvalue weighted by Gasteiger charge is 2.33. The molecule has 3 nitrogen and oxygen atoms in total. The minimum Gasteiger partial charge on any atom is -0.396 e. The van der Waals surface area contributed by atoms with Gasteiger partial charge in [-0.1, -0.05) is 0 Å². The Morgan fingerprint density at radius 2 is 2.13 bits per heavy atom. The van der Waals surface area contributed by atoms with E-state index in [1.165, 1.54) is 38.9 Å². The van der Waals surface area contributed by atoms with E-state index < -0.39 is 0 Å². The van der Waals surface area contributed by atoms with Crippen LogP contribution in [-0.4, -0.2) is 60.8 Å². The monoisotopic (exact) mass is 212 g/mol. The molecule has 0 aromatic heterocycles. The van der Waals surface area contributed by atoms with Gasteiger partial charge in [0.25, 0.3) is 0 Å². The third-order valence-electron chi connectivity index (χ3n) is 4.06. The van der Waals surface area contributed by atoms with Gasteiger partial charge in [-0.05, 0) is 51.7 Å². The van der Waals surface area contributed by atoms with Gasteiger partial charge in [0.2, 0.25) is 0 Å². The molecule has 0 aromatic rings. The molecular weight excluding hydrogens is 188 g/mol. The number of fused-ring (bicyclic) bond motifs is 1. The maximum Gasteiger partial charge on any atom is 0.0443 e. The maximum absolute atomic E-state index is 8.84. The molecule has 0 saturated carbocycles. The first-order chi connectivity index (χ1) is 7.31. The van der Waals surface area contributed by atoms with Crippen LogP contribution in [0.25, 0.3) is 0 Å². The highest BCUT2D eigenvalue weighted by atomic mass is 16.3. The molecule has 2 saturated heterocycles. The van der Waals surface area contributed by atoms with Gasteiger partial charge in [0, 0.05) is 25.7 Å². The number of likely N-dealkylation sites (tertiary alicyclic amines) is 2. The molecule has 0 aliphatic carbocycles. The van der Waals surface area contributed by atoms with Crippen LogP contribution in [0.1, 0.15) is 25.7 Å². The third kappa shape index (κ3) is 2.71. The fourth-order valence-corrected chi connectivity index (χ4v) is 3.23. The Labute approximate surface area is 93.1 Å². The van der Waals surface area contributed by atoms with Gasteiger partial charge in [-0.3, -0.25) is 0 Å². The molecule has 3 heteroatoms. The van der Waals surface area contributed by atoms with Crippen molar-refractivity contribution in [1.29, 1.82) is 0 Å². The number of hydrogen-bond acceptors (Lipinski definition) is 3. The molecule has 88 valence electrons. The summed E-state index contributed by atoms with van der Waals surface area (Å²) >= 11 is 0. The predicted molar refractivity (Wildman–Crippen MR) is 61.9 cm³/mol. The van der Waals surface area contributed by atoms with Crippen molar-refractivity contribution in [1.82, 2.24) is 9.80 Å². The lowest BCUT2D eigenvalue weighted by atomic mass is 9.84. The maximum atomic E-state index is 8.84. The molecule has 2 aliphatic rings. The SMILES string of the molecule is CN1CCCC2CN(CCCO)CCC21. The second-order valence-electron chi connectivity index (χ2n) is 5.12. The van der Waals surface area contributed by atoms with E-state index in [-0.39, 0.29) is 0 Å². The molecule has 0 aromatic carbocycles. The van der Waals surface area contributed by atoms with Crippen LogP contribution in [0.5, 0.6) is 0 Å². The van der Waals surface area contributed by atoms with Crippen molar-refractivity contribution in [3.8, 4) is 0 Å². The van der Waals surface area contributed by atoms with Crippen LogP contribution in [0.2, 0.25) is 0 Å². The molecule has 0 radical (unpaired) electrons. The molecule has 2 heterocycles. The van der Waals surface area contributed by atoms with Gasteiger partial charge in [-0.2, -0.15) is 0 Å². The van der Waals surface area contributed by atoms with Crippen molar-refractivity contribution in [2.75, 3.05) is 39.8 Å². The van der Waals surface area contributed by atoms with Gasteiger partial charge < -0.3 is 14.9 Å². The molecule has 2 rings (SSSR count). The lowest BCUT2D eigenvalue weighted by Crippen LogP contribution is -2.52. The highest BCUT2D eigenvalue weighted by Crippen LogP contribution is 2.29. The Morgan fingerprint density at radius 1 is 1.27 bits per heavy atom. The molecule has 0 amide bonds. The van der Waals surface area contributed by atoms with Crippen molar-refractivity contribution in [3.63, 3.8) is 0 Å². The number of rotatable bonds is 3. The number of hydrogen-bond donors (Lipinski definition) is 1. The number of nitrogens with zero attached hydrogens (tertiary/aromatic N) is 2. The molecule has 2 aliphatic heterocycles. The van der Waals surface area contributed by atoms with Crippen molar-refractivity contribution in [2.24, 2.45) is 5.92 Å². The summed E-state index contributed by atoms with van der Waals surface area (Å²) in [6, 6.07) is 0.837. The van der Waals surface area contributed by atoms with Gasteiger partial charge in [0.1, 0.15) is 0 Å². The van der Waals surface area contributed by atoms with E-state index in [0.717, 1.165) is 24.9 Å². The van der Waals surface area contributed by atoms with E-state index in [4.69, 9.17) is 5.11 Å². The van der Waals surface area contributed by atoms with Gasteiger partial charge in [-0.25, -0.2) is 0 Å². The predicted octanol–water partition coefficient (Wildman–Crippen LogP) is 0.785. The summed E-state index contributed by atoms with van der Waals surface area (Å²) in [5.41, 5.74) is 0. The zero-order valence-corrected chi connectivity index (χ0v) is 9.86. The lowest BCUT2D eigenvalue weighted by Gasteiger charge is -2.46. The van der Waals surface area contributed by atoms with Gasteiger partial charge in [0.05, 0.1) is 0 Å². The van der Waals surface area contributed by atoms with Crippen LogP contribution in [0.15, 0.2) is 0 Å². The minimum atomic E-state index is 0.338. The van der Waals surface area contributed by atoms with Crippen LogP contribution in [-0.2, 0) is 0 Å². The first kappa shape index (κ1) is 11.4. The molecule has 0 bridgehead atoms. The number of aliphatic hydroxyl groups is 1. The fourth-order valence-electron chi connectivity index (χ4n) is 3.23. The van der Waals surface area contributed by atoms with E-state index in [9.17, 15) is 0 Å². The van der Waals surface area contributed by atoms with Gasteiger partial charge >= 0.3 is 0 Å². The summed E-state index contributed by atoms with van der Waals surface area (Å²) in [5.74, 6) is 0.885. The molecular formula is C12H24N2O. The first-order valence-corrected chi connectivity index (χ1v) is 6.34. The van der Waals surface area contributed by atoms with E-state index >= 15 is 0 Å². The smallest absolute Gasteiger partial charge is 0.0443 e. The first-order valence-electron chi connectivity index (χ1n) is 6.34. The van der Waals surface area contributed by atoms with Crippen LogP contribution < -0.4 is 0 Å². The average Bonchev–Trinajstić information content (AvgIpc) is 2.26. The van der Waals surface area contributed by atoms with E-state index in [0.29, 0.717) is 6.61 Å². The molecule has 15 heavy (non-hydrogen) atoms. The minimum absolute atomic E-state index is 0.338. The summed E-state index contributed by atoms with van der Waals surface area (Å²) in [6.07, 6.45) is 5.04. The van der Waals surface area contributed by atoms with E-state index in [2.05, 4.69) is 16.8 Å². The fraction of sp³-hybridized carbons (Fsp3) is 1.00. The van der Waals surface area contributed by atoms with E-state index in [1.54, 1.807) is 0 Å². The van der Waals surface area contributed by atoms with Gasteiger partial charge in [-0.15, -0.1) is 0 Å². The van der Waals surface area contributed by atoms with E-state index in [1.807, 2.05) is 0 Å². The highest BCUT2D eigenvalue weighted by molar-refractivity contribution is 4.88. The second kappa shape index (κ2) is 5.28. The normalized spacial score (nSPS) is 34.0. The Hall–Kier alpha value is -0.120. The average molecular weight is 212 g/mol. The Kier molecular flexibility index (Phi) is 4.00. The Bertz CT molecular complexity index is 198. The summed E-state index contributed by atoms with van der Waals surface area (Å²) in [5, 5.41) is 8.84. The summed E-state index contributed by atoms with van der Waals surface area (Å²) < 4.78 is 0.